The zero-order valence-corrected chi connectivity index (χ0v) is 18.8. The van der Waals surface area contributed by atoms with Crippen LogP contribution in [0.4, 0.5) is 4.79 Å². The third-order valence-corrected chi connectivity index (χ3v) is 6.86. The van der Waals surface area contributed by atoms with Gasteiger partial charge in [0.25, 0.3) is 0 Å². The van der Waals surface area contributed by atoms with Crippen LogP contribution in [0.5, 0.6) is 0 Å². The van der Waals surface area contributed by atoms with E-state index in [9.17, 15) is 19.5 Å². The average Bonchev–Trinajstić information content (AvgIpc) is 3.41. The number of nitrogens with one attached hydrogen (secondary N) is 2. The van der Waals surface area contributed by atoms with Crippen molar-refractivity contribution in [3.63, 3.8) is 0 Å². The van der Waals surface area contributed by atoms with Gasteiger partial charge < -0.3 is 20.5 Å². The summed E-state index contributed by atoms with van der Waals surface area (Å²) in [6.07, 6.45) is 2.00. The first-order chi connectivity index (χ1) is 16.0. The predicted octanol–water partition coefficient (Wildman–Crippen LogP) is 3.92. The molecule has 2 amide bonds. The Hall–Kier alpha value is -3.35. The number of ether oxygens (including phenoxy) is 1. The molecule has 2 aliphatic carbocycles. The lowest BCUT2D eigenvalue weighted by molar-refractivity contribution is -0.142. The quantitative estimate of drug-likeness (QED) is 0.565. The highest BCUT2D eigenvalue weighted by Crippen LogP contribution is 2.44. The maximum atomic E-state index is 12.7. The number of benzene rings is 2. The maximum Gasteiger partial charge on any atom is 0.407 e. The van der Waals surface area contributed by atoms with E-state index in [0.717, 1.165) is 28.7 Å². The van der Waals surface area contributed by atoms with Crippen molar-refractivity contribution in [3.8, 4) is 11.1 Å². The van der Waals surface area contributed by atoms with Gasteiger partial charge in [-0.05, 0) is 41.5 Å². The molecule has 3 N–H and O–H groups in total. The Labute approximate surface area is 193 Å². The lowest BCUT2D eigenvalue weighted by Gasteiger charge is -2.22. The number of alkyl carbamates (subject to hydrolysis) is 1. The molecule has 0 heterocycles. The summed E-state index contributed by atoms with van der Waals surface area (Å²) < 4.78 is 5.54. The largest absolute Gasteiger partial charge is 0.481 e. The van der Waals surface area contributed by atoms with Crippen molar-refractivity contribution in [1.82, 2.24) is 10.6 Å². The number of carbonyl (C=O) groups excluding carboxylic acids is 2. The molecule has 1 saturated carbocycles. The van der Waals surface area contributed by atoms with Crippen LogP contribution in [-0.2, 0) is 14.3 Å². The van der Waals surface area contributed by atoms with Gasteiger partial charge >= 0.3 is 12.1 Å². The topological polar surface area (TPSA) is 105 Å². The fourth-order valence-corrected chi connectivity index (χ4v) is 5.01. The lowest BCUT2D eigenvalue weighted by Crippen LogP contribution is -2.45. The summed E-state index contributed by atoms with van der Waals surface area (Å²) in [5.74, 6) is -2.11. The van der Waals surface area contributed by atoms with E-state index in [1.165, 1.54) is 0 Å². The van der Waals surface area contributed by atoms with Crippen LogP contribution in [0.25, 0.3) is 11.1 Å². The van der Waals surface area contributed by atoms with E-state index in [1.54, 1.807) is 0 Å². The molecule has 0 spiro atoms. The van der Waals surface area contributed by atoms with E-state index in [-0.39, 0.29) is 31.0 Å². The van der Waals surface area contributed by atoms with Gasteiger partial charge in [0.2, 0.25) is 5.91 Å². The minimum Gasteiger partial charge on any atom is -0.481 e. The fraction of sp³-hybridized carbons (Fsp3) is 0.423. The Morgan fingerprint density at radius 2 is 1.67 bits per heavy atom. The Morgan fingerprint density at radius 3 is 2.27 bits per heavy atom. The molecular formula is C26H30N2O5. The molecule has 174 valence electrons. The Morgan fingerprint density at radius 1 is 1.03 bits per heavy atom. The SMILES string of the molecule is CCC(CNC(=O)OCC1c2ccccc2-c2ccccc21)C(=O)NC1CCCC1C(=O)O. The second-order valence-electron chi connectivity index (χ2n) is 8.80. The van der Waals surface area contributed by atoms with Crippen LogP contribution in [0.15, 0.2) is 48.5 Å². The molecule has 0 aliphatic heterocycles. The highest BCUT2D eigenvalue weighted by atomic mass is 16.5. The summed E-state index contributed by atoms with van der Waals surface area (Å²) in [6, 6.07) is 15.9. The van der Waals surface area contributed by atoms with E-state index >= 15 is 0 Å². The van der Waals surface area contributed by atoms with E-state index in [2.05, 4.69) is 34.9 Å². The standard InChI is InChI=1S/C26H30N2O5/c1-2-16(24(29)28-23-13-7-12-21(23)25(30)31)14-27-26(32)33-15-22-19-10-5-3-8-17(19)18-9-4-6-11-20(18)22/h3-6,8-11,16,21-23H,2,7,12-15H2,1H3,(H,27,32)(H,28,29)(H,30,31). The number of aliphatic carboxylic acids is 1. The number of carbonyl (C=O) groups is 3. The number of hydrogen-bond donors (Lipinski definition) is 3. The molecule has 3 atom stereocenters. The summed E-state index contributed by atoms with van der Waals surface area (Å²) >= 11 is 0. The second-order valence-corrected chi connectivity index (χ2v) is 8.80. The number of carboxylic acids is 1. The van der Waals surface area contributed by atoms with Gasteiger partial charge in [0.1, 0.15) is 6.61 Å². The molecule has 2 aromatic rings. The Kier molecular flexibility index (Phi) is 6.96. The molecule has 7 nitrogen and oxygen atoms in total. The minimum absolute atomic E-state index is 0.0243. The van der Waals surface area contributed by atoms with Crippen molar-refractivity contribution in [1.29, 1.82) is 0 Å². The van der Waals surface area contributed by atoms with E-state index < -0.39 is 23.9 Å². The van der Waals surface area contributed by atoms with E-state index in [1.807, 2.05) is 31.2 Å². The summed E-state index contributed by atoms with van der Waals surface area (Å²) in [4.78, 5) is 36.4. The highest BCUT2D eigenvalue weighted by molar-refractivity contribution is 5.81. The average molecular weight is 451 g/mol. The van der Waals surface area contributed by atoms with Gasteiger partial charge in [-0.1, -0.05) is 61.9 Å². The van der Waals surface area contributed by atoms with Crippen molar-refractivity contribution in [2.24, 2.45) is 11.8 Å². The van der Waals surface area contributed by atoms with Crippen LogP contribution in [0.2, 0.25) is 0 Å². The number of amides is 2. The first kappa shape index (κ1) is 22.8. The zero-order valence-electron chi connectivity index (χ0n) is 18.8. The molecule has 1 fully saturated rings. The molecule has 2 aliphatic rings. The highest BCUT2D eigenvalue weighted by Gasteiger charge is 2.35. The van der Waals surface area contributed by atoms with E-state index in [4.69, 9.17) is 4.74 Å². The van der Waals surface area contributed by atoms with Crippen LogP contribution in [0, 0.1) is 11.8 Å². The molecule has 0 saturated heterocycles. The first-order valence-corrected chi connectivity index (χ1v) is 11.6. The third kappa shape index (κ3) is 4.87. The first-order valence-electron chi connectivity index (χ1n) is 11.6. The van der Waals surface area contributed by atoms with Gasteiger partial charge in [0.15, 0.2) is 0 Å². The van der Waals surface area contributed by atoms with Gasteiger partial charge in [0.05, 0.1) is 11.8 Å². The van der Waals surface area contributed by atoms with Crippen molar-refractivity contribution >= 4 is 18.0 Å². The zero-order chi connectivity index (χ0) is 23.4. The Bertz CT molecular complexity index is 991. The number of fused-ring (bicyclic) bond motifs is 3. The van der Waals surface area contributed by atoms with Gasteiger partial charge in [-0.2, -0.15) is 0 Å². The monoisotopic (exact) mass is 450 g/mol. The minimum atomic E-state index is -0.873. The fourth-order valence-electron chi connectivity index (χ4n) is 5.01. The molecular weight excluding hydrogens is 420 g/mol. The normalized spacial score (nSPS) is 19.9. The summed E-state index contributed by atoms with van der Waals surface area (Å²) in [6.45, 7) is 2.22. The Balaban J connectivity index is 1.30. The number of rotatable bonds is 8. The molecule has 0 radical (unpaired) electrons. The van der Waals surface area contributed by atoms with Crippen molar-refractivity contribution in [2.45, 2.75) is 44.6 Å². The molecule has 0 bridgehead atoms. The van der Waals surface area contributed by atoms with E-state index in [0.29, 0.717) is 19.3 Å². The number of hydrogen-bond acceptors (Lipinski definition) is 4. The smallest absolute Gasteiger partial charge is 0.407 e. The van der Waals surface area contributed by atoms with Gasteiger partial charge in [-0.15, -0.1) is 0 Å². The van der Waals surface area contributed by atoms with Crippen molar-refractivity contribution in [3.05, 3.63) is 59.7 Å². The van der Waals surface area contributed by atoms with Crippen LogP contribution in [0.3, 0.4) is 0 Å². The third-order valence-electron chi connectivity index (χ3n) is 6.86. The lowest BCUT2D eigenvalue weighted by atomic mass is 9.98. The van der Waals surface area contributed by atoms with Crippen molar-refractivity contribution < 1.29 is 24.2 Å². The van der Waals surface area contributed by atoms with Crippen molar-refractivity contribution in [2.75, 3.05) is 13.2 Å². The van der Waals surface area contributed by atoms with Gasteiger partial charge in [0, 0.05) is 18.5 Å². The maximum absolute atomic E-state index is 12.7. The molecule has 3 unspecified atom stereocenters. The molecule has 7 heteroatoms. The molecule has 33 heavy (non-hydrogen) atoms. The van der Waals surface area contributed by atoms with Crippen LogP contribution < -0.4 is 10.6 Å². The molecule has 4 rings (SSSR count). The predicted molar refractivity (Wildman–Crippen MR) is 124 cm³/mol. The summed E-state index contributed by atoms with van der Waals surface area (Å²) in [7, 11) is 0. The summed E-state index contributed by atoms with van der Waals surface area (Å²) in [5, 5.41) is 14.9. The van der Waals surface area contributed by atoms with Crippen LogP contribution in [0.1, 0.15) is 49.7 Å². The second kappa shape index (κ2) is 10.1. The summed E-state index contributed by atoms with van der Waals surface area (Å²) in [5.41, 5.74) is 4.61. The molecule has 2 aromatic carbocycles. The van der Waals surface area contributed by atoms with Crippen LogP contribution >= 0.6 is 0 Å². The number of carboxylic acid groups (broad SMARTS) is 1. The van der Waals surface area contributed by atoms with Crippen LogP contribution in [-0.4, -0.2) is 42.3 Å². The molecule has 0 aromatic heterocycles. The van der Waals surface area contributed by atoms with Gasteiger partial charge in [-0.25, -0.2) is 4.79 Å². The van der Waals surface area contributed by atoms with Gasteiger partial charge in [-0.3, -0.25) is 9.59 Å².